The third-order valence-corrected chi connectivity index (χ3v) is 7.42. The standard InChI is InChI=1S/C25H26Br2ClN3O5/c1-6-13(3)23-30-18-9-8-16(26)11-17(18)24(32)31(23)29-12-15-10-19(35-7-2)22(21(28)20(15)27)36-14(4)25(33)34-5/h8-14H,6-7H2,1-5H3/t13-,14-/m0/s1. The van der Waals surface area contributed by atoms with Gasteiger partial charge in [-0.05, 0) is 60.5 Å². The van der Waals surface area contributed by atoms with Crippen molar-refractivity contribution in [2.75, 3.05) is 13.7 Å². The zero-order valence-electron chi connectivity index (χ0n) is 20.5. The first-order chi connectivity index (χ1) is 17.1. The van der Waals surface area contributed by atoms with Crippen LogP contribution in [0.15, 0.2) is 43.1 Å². The molecule has 1 aromatic heterocycles. The van der Waals surface area contributed by atoms with Crippen LogP contribution >= 0.6 is 43.5 Å². The number of hydrogen-bond donors (Lipinski definition) is 0. The zero-order chi connectivity index (χ0) is 26.6. The van der Waals surface area contributed by atoms with Gasteiger partial charge in [-0.3, -0.25) is 4.79 Å². The van der Waals surface area contributed by atoms with Gasteiger partial charge in [-0.25, -0.2) is 9.78 Å². The number of carbonyl (C=O) groups is 1. The number of halogens is 3. The van der Waals surface area contributed by atoms with Crippen molar-refractivity contribution >= 4 is 66.5 Å². The Hall–Kier alpha value is -2.43. The van der Waals surface area contributed by atoms with Gasteiger partial charge in [-0.2, -0.15) is 9.78 Å². The van der Waals surface area contributed by atoms with E-state index in [4.69, 9.17) is 30.8 Å². The van der Waals surface area contributed by atoms with Gasteiger partial charge in [0.15, 0.2) is 17.6 Å². The molecule has 0 saturated carbocycles. The van der Waals surface area contributed by atoms with Crippen molar-refractivity contribution < 1.29 is 19.0 Å². The number of hydrogen-bond acceptors (Lipinski definition) is 7. The first-order valence-corrected chi connectivity index (χ1v) is 13.2. The molecule has 0 aliphatic rings. The number of nitrogens with zero attached hydrogens (tertiary/aromatic N) is 3. The maximum absolute atomic E-state index is 13.4. The quantitative estimate of drug-likeness (QED) is 0.201. The van der Waals surface area contributed by atoms with Crippen LogP contribution in [0.2, 0.25) is 5.02 Å². The molecule has 11 heteroatoms. The summed E-state index contributed by atoms with van der Waals surface area (Å²) >= 11 is 13.5. The zero-order valence-corrected chi connectivity index (χ0v) is 24.4. The van der Waals surface area contributed by atoms with E-state index in [9.17, 15) is 9.59 Å². The number of aromatic nitrogens is 2. The van der Waals surface area contributed by atoms with Gasteiger partial charge in [0.2, 0.25) is 0 Å². The van der Waals surface area contributed by atoms with E-state index >= 15 is 0 Å². The first-order valence-electron chi connectivity index (χ1n) is 11.3. The molecule has 0 unspecified atom stereocenters. The van der Waals surface area contributed by atoms with Crippen LogP contribution in [0.25, 0.3) is 10.9 Å². The van der Waals surface area contributed by atoms with Gasteiger partial charge in [-0.1, -0.05) is 41.4 Å². The predicted octanol–water partition coefficient (Wildman–Crippen LogP) is 6.31. The third kappa shape index (κ3) is 5.92. The molecule has 0 saturated heterocycles. The molecule has 2 atom stereocenters. The highest BCUT2D eigenvalue weighted by atomic mass is 79.9. The van der Waals surface area contributed by atoms with Crippen molar-refractivity contribution in [3.05, 3.63) is 60.0 Å². The van der Waals surface area contributed by atoms with Crippen LogP contribution in [0.1, 0.15) is 51.4 Å². The molecular weight excluding hydrogens is 618 g/mol. The minimum atomic E-state index is -0.905. The minimum absolute atomic E-state index is 0.00973. The average molecular weight is 644 g/mol. The molecule has 0 aliphatic heterocycles. The van der Waals surface area contributed by atoms with Gasteiger partial charge in [0, 0.05) is 20.4 Å². The Morgan fingerprint density at radius 3 is 2.61 bits per heavy atom. The Morgan fingerprint density at radius 1 is 1.25 bits per heavy atom. The Labute approximate surface area is 230 Å². The van der Waals surface area contributed by atoms with Gasteiger partial charge in [-0.15, -0.1) is 0 Å². The number of methoxy groups -OCH3 is 1. The van der Waals surface area contributed by atoms with E-state index in [1.165, 1.54) is 18.0 Å². The largest absolute Gasteiger partial charge is 0.490 e. The SMILES string of the molecule is CCOc1cc(C=Nn2c([C@@H](C)CC)nc3ccc(Br)cc3c2=O)c(Br)c(Cl)c1O[C@@H](C)C(=O)OC. The number of esters is 1. The second kappa shape index (κ2) is 12.2. The van der Waals surface area contributed by atoms with Crippen LogP contribution in [0.3, 0.4) is 0 Å². The lowest BCUT2D eigenvalue weighted by Gasteiger charge is -2.19. The smallest absolute Gasteiger partial charge is 0.346 e. The topological polar surface area (TPSA) is 92.0 Å². The van der Waals surface area contributed by atoms with Crippen LogP contribution < -0.4 is 15.0 Å². The van der Waals surface area contributed by atoms with E-state index in [0.29, 0.717) is 39.1 Å². The van der Waals surface area contributed by atoms with Crippen molar-refractivity contribution in [3.63, 3.8) is 0 Å². The van der Waals surface area contributed by atoms with Crippen molar-refractivity contribution in [2.45, 2.75) is 46.1 Å². The molecule has 3 aromatic rings. The van der Waals surface area contributed by atoms with Gasteiger partial charge in [0.25, 0.3) is 5.56 Å². The molecule has 0 fully saturated rings. The van der Waals surface area contributed by atoms with E-state index in [1.54, 1.807) is 25.1 Å². The van der Waals surface area contributed by atoms with Crippen LogP contribution in [-0.2, 0) is 9.53 Å². The molecule has 0 amide bonds. The van der Waals surface area contributed by atoms with Crippen molar-refractivity contribution in [1.29, 1.82) is 0 Å². The van der Waals surface area contributed by atoms with Gasteiger partial charge < -0.3 is 14.2 Å². The molecule has 36 heavy (non-hydrogen) atoms. The molecule has 0 N–H and O–H groups in total. The lowest BCUT2D eigenvalue weighted by Crippen LogP contribution is -2.25. The lowest BCUT2D eigenvalue weighted by atomic mass is 10.1. The minimum Gasteiger partial charge on any atom is -0.490 e. The molecule has 0 bridgehead atoms. The maximum Gasteiger partial charge on any atom is 0.346 e. The highest BCUT2D eigenvalue weighted by Gasteiger charge is 2.23. The predicted molar refractivity (Wildman–Crippen MR) is 148 cm³/mol. The van der Waals surface area contributed by atoms with Crippen LogP contribution in [0, 0.1) is 0 Å². The third-order valence-electron chi connectivity index (χ3n) is 5.48. The molecule has 3 rings (SSSR count). The fraction of sp³-hybridized carbons (Fsp3) is 0.360. The Morgan fingerprint density at radius 2 is 1.97 bits per heavy atom. The number of fused-ring (bicyclic) bond motifs is 1. The van der Waals surface area contributed by atoms with E-state index in [-0.39, 0.29) is 22.2 Å². The number of carbonyl (C=O) groups excluding carboxylic acids is 1. The monoisotopic (exact) mass is 641 g/mol. The molecule has 8 nitrogen and oxygen atoms in total. The van der Waals surface area contributed by atoms with Crippen molar-refractivity contribution in [1.82, 2.24) is 9.66 Å². The van der Waals surface area contributed by atoms with Gasteiger partial charge in [0.1, 0.15) is 10.8 Å². The Bertz CT molecular complexity index is 1380. The van der Waals surface area contributed by atoms with Gasteiger partial charge in [0.05, 0.1) is 30.8 Å². The van der Waals surface area contributed by atoms with Crippen LogP contribution in [0.4, 0.5) is 0 Å². The molecule has 0 aliphatic carbocycles. The molecule has 2 aromatic carbocycles. The molecule has 0 radical (unpaired) electrons. The second-order valence-electron chi connectivity index (χ2n) is 7.94. The normalized spacial score (nSPS) is 13.1. The fourth-order valence-electron chi connectivity index (χ4n) is 3.36. The van der Waals surface area contributed by atoms with E-state index in [1.807, 2.05) is 26.8 Å². The summed E-state index contributed by atoms with van der Waals surface area (Å²) in [5.74, 6) is 0.493. The van der Waals surface area contributed by atoms with E-state index < -0.39 is 12.1 Å². The summed E-state index contributed by atoms with van der Waals surface area (Å²) in [6.45, 7) is 7.71. The summed E-state index contributed by atoms with van der Waals surface area (Å²) in [4.78, 5) is 30.0. The summed E-state index contributed by atoms with van der Waals surface area (Å²) in [5, 5.41) is 5.14. The summed E-state index contributed by atoms with van der Waals surface area (Å²) in [6, 6.07) is 7.05. The summed E-state index contributed by atoms with van der Waals surface area (Å²) in [5.41, 5.74) is 0.860. The molecule has 1 heterocycles. The second-order valence-corrected chi connectivity index (χ2v) is 10.0. The maximum atomic E-state index is 13.4. The lowest BCUT2D eigenvalue weighted by molar-refractivity contribution is -0.147. The van der Waals surface area contributed by atoms with Gasteiger partial charge >= 0.3 is 5.97 Å². The number of ether oxygens (including phenoxy) is 3. The summed E-state index contributed by atoms with van der Waals surface area (Å²) in [7, 11) is 1.28. The van der Waals surface area contributed by atoms with E-state index in [2.05, 4.69) is 37.0 Å². The van der Waals surface area contributed by atoms with Crippen molar-refractivity contribution in [2.24, 2.45) is 5.10 Å². The Kier molecular flexibility index (Phi) is 9.54. The van der Waals surface area contributed by atoms with Crippen LogP contribution in [-0.4, -0.2) is 41.7 Å². The highest BCUT2D eigenvalue weighted by molar-refractivity contribution is 9.10. The number of rotatable bonds is 9. The van der Waals surface area contributed by atoms with E-state index in [0.717, 1.165) is 10.9 Å². The average Bonchev–Trinajstić information content (AvgIpc) is 2.87. The first kappa shape index (κ1) is 28.1. The van der Waals surface area contributed by atoms with Crippen molar-refractivity contribution in [3.8, 4) is 11.5 Å². The van der Waals surface area contributed by atoms with Crippen LogP contribution in [0.5, 0.6) is 11.5 Å². The molecular formula is C25H26Br2ClN3O5. The number of benzene rings is 2. The summed E-state index contributed by atoms with van der Waals surface area (Å²) in [6.07, 6.45) is 1.38. The Balaban J connectivity index is 2.15. The molecule has 192 valence electrons. The molecule has 0 spiro atoms. The fourth-order valence-corrected chi connectivity index (χ4v) is 4.37. The summed E-state index contributed by atoms with van der Waals surface area (Å²) < 4.78 is 18.7. The highest BCUT2D eigenvalue weighted by Crippen LogP contribution is 2.43.